The van der Waals surface area contributed by atoms with Gasteiger partial charge in [0.2, 0.25) is 0 Å². The van der Waals surface area contributed by atoms with E-state index in [-0.39, 0.29) is 5.91 Å². The van der Waals surface area contributed by atoms with Crippen molar-refractivity contribution in [2.45, 2.75) is 6.10 Å². The van der Waals surface area contributed by atoms with Gasteiger partial charge in [0.15, 0.2) is 17.6 Å². The Morgan fingerprint density at radius 1 is 1.07 bits per heavy atom. The smallest absolute Gasteiger partial charge is 0.253 e. The summed E-state index contributed by atoms with van der Waals surface area (Å²) in [4.78, 5) is 25.5. The number of rotatable bonds is 4. The minimum absolute atomic E-state index is 0.00520. The van der Waals surface area contributed by atoms with Gasteiger partial charge in [-0.15, -0.1) is 0 Å². The third-order valence-electron chi connectivity index (χ3n) is 5.08. The van der Waals surface area contributed by atoms with Crippen molar-refractivity contribution in [3.05, 3.63) is 18.5 Å². The van der Waals surface area contributed by atoms with E-state index in [1.54, 1.807) is 14.2 Å². The van der Waals surface area contributed by atoms with Gasteiger partial charge < -0.3 is 28.7 Å². The highest BCUT2D eigenvalue weighted by Gasteiger charge is 2.32. The first-order valence-electron chi connectivity index (χ1n) is 9.31. The van der Waals surface area contributed by atoms with Gasteiger partial charge in [-0.25, -0.2) is 9.97 Å². The Morgan fingerprint density at radius 2 is 1.82 bits per heavy atom. The molecule has 0 N–H and O–H groups in total. The van der Waals surface area contributed by atoms with E-state index >= 15 is 0 Å². The van der Waals surface area contributed by atoms with Gasteiger partial charge in [0, 0.05) is 31.1 Å². The Kier molecular flexibility index (Phi) is 5.45. The summed E-state index contributed by atoms with van der Waals surface area (Å²) in [5, 5.41) is 0.847. The lowest BCUT2D eigenvalue weighted by Crippen LogP contribution is -2.53. The Labute approximate surface area is 163 Å². The van der Waals surface area contributed by atoms with Gasteiger partial charge in [0.05, 0.1) is 46.1 Å². The summed E-state index contributed by atoms with van der Waals surface area (Å²) in [6.07, 6.45) is 1.01. The second-order valence-electron chi connectivity index (χ2n) is 6.66. The predicted octanol–water partition coefficient (Wildman–Crippen LogP) is 0.711. The number of morpholine rings is 2. The molecule has 1 amide bonds. The second-order valence-corrected chi connectivity index (χ2v) is 6.66. The molecule has 1 aromatic heterocycles. The molecule has 0 radical (unpaired) electrons. The van der Waals surface area contributed by atoms with Gasteiger partial charge in [0.1, 0.15) is 12.1 Å². The van der Waals surface area contributed by atoms with Crippen LogP contribution in [-0.4, -0.2) is 87.1 Å². The maximum atomic E-state index is 12.8. The number of hydrogen-bond acceptors (Lipinski definition) is 8. The Morgan fingerprint density at radius 3 is 2.57 bits per heavy atom. The maximum Gasteiger partial charge on any atom is 0.253 e. The summed E-state index contributed by atoms with van der Waals surface area (Å²) in [5.41, 5.74) is 0.755. The van der Waals surface area contributed by atoms with Crippen LogP contribution in [0, 0.1) is 0 Å². The summed E-state index contributed by atoms with van der Waals surface area (Å²) in [6.45, 7) is 3.89. The summed E-state index contributed by atoms with van der Waals surface area (Å²) < 4.78 is 21.9. The minimum atomic E-state index is -0.517. The van der Waals surface area contributed by atoms with Crippen LogP contribution >= 0.6 is 0 Å². The molecule has 150 valence electrons. The van der Waals surface area contributed by atoms with Crippen molar-refractivity contribution < 1.29 is 23.7 Å². The van der Waals surface area contributed by atoms with Crippen molar-refractivity contribution in [2.75, 3.05) is 65.1 Å². The summed E-state index contributed by atoms with van der Waals surface area (Å²) in [5.74, 6) is 1.99. The number of carbonyl (C=O) groups excluding carboxylic acids is 1. The van der Waals surface area contributed by atoms with E-state index in [9.17, 15) is 4.79 Å². The van der Waals surface area contributed by atoms with Crippen molar-refractivity contribution in [1.82, 2.24) is 14.9 Å². The lowest BCUT2D eigenvalue weighted by atomic mass is 10.1. The van der Waals surface area contributed by atoms with E-state index in [0.29, 0.717) is 57.5 Å². The lowest BCUT2D eigenvalue weighted by Gasteiger charge is -2.36. The van der Waals surface area contributed by atoms with Crippen LogP contribution in [0.15, 0.2) is 18.5 Å². The first-order valence-corrected chi connectivity index (χ1v) is 9.31. The molecule has 1 aromatic carbocycles. The van der Waals surface area contributed by atoms with Crippen LogP contribution in [0.3, 0.4) is 0 Å². The summed E-state index contributed by atoms with van der Waals surface area (Å²) in [7, 11) is 3.19. The molecule has 3 heterocycles. The number of anilines is 1. The van der Waals surface area contributed by atoms with Gasteiger partial charge in [-0.2, -0.15) is 0 Å². The average molecular weight is 388 g/mol. The van der Waals surface area contributed by atoms with E-state index in [4.69, 9.17) is 18.9 Å². The molecule has 9 heteroatoms. The lowest BCUT2D eigenvalue weighted by molar-refractivity contribution is -0.148. The van der Waals surface area contributed by atoms with E-state index in [0.717, 1.165) is 16.7 Å². The Hall–Kier alpha value is -2.65. The van der Waals surface area contributed by atoms with E-state index < -0.39 is 6.10 Å². The molecule has 28 heavy (non-hydrogen) atoms. The SMILES string of the molecule is COc1cc2ncnc(N3CCOC(C(=O)N4CCOCC4)C3)c2cc1OC. The molecule has 9 nitrogen and oxygen atoms in total. The third-order valence-corrected chi connectivity index (χ3v) is 5.08. The molecular weight excluding hydrogens is 364 g/mol. The minimum Gasteiger partial charge on any atom is -0.493 e. The van der Waals surface area contributed by atoms with Crippen LogP contribution in [-0.2, 0) is 14.3 Å². The molecule has 0 aliphatic carbocycles. The molecule has 0 spiro atoms. The summed E-state index contributed by atoms with van der Waals surface area (Å²) >= 11 is 0. The van der Waals surface area contributed by atoms with Gasteiger partial charge in [-0.1, -0.05) is 0 Å². The standard InChI is InChI=1S/C19H24N4O5/c1-25-15-9-13-14(10-16(15)26-2)20-12-21-18(13)23-5-8-28-17(11-23)19(24)22-3-6-27-7-4-22/h9-10,12,17H,3-8,11H2,1-2H3. The average Bonchev–Trinajstić information content (AvgIpc) is 2.77. The first-order chi connectivity index (χ1) is 13.7. The van der Waals surface area contributed by atoms with Crippen LogP contribution in [0.5, 0.6) is 11.5 Å². The van der Waals surface area contributed by atoms with Gasteiger partial charge in [0.25, 0.3) is 5.91 Å². The van der Waals surface area contributed by atoms with Crippen molar-refractivity contribution in [3.63, 3.8) is 0 Å². The monoisotopic (exact) mass is 388 g/mol. The fourth-order valence-electron chi connectivity index (χ4n) is 3.60. The molecule has 4 rings (SSSR count). The third kappa shape index (κ3) is 3.55. The highest BCUT2D eigenvalue weighted by Crippen LogP contribution is 2.35. The van der Waals surface area contributed by atoms with Crippen LogP contribution < -0.4 is 14.4 Å². The van der Waals surface area contributed by atoms with Crippen molar-refractivity contribution in [3.8, 4) is 11.5 Å². The zero-order valence-corrected chi connectivity index (χ0v) is 16.1. The van der Waals surface area contributed by atoms with E-state index in [1.807, 2.05) is 17.0 Å². The highest BCUT2D eigenvalue weighted by molar-refractivity contribution is 5.92. The zero-order chi connectivity index (χ0) is 19.5. The Balaban J connectivity index is 1.61. The molecule has 2 aliphatic rings. The normalized spacial score (nSPS) is 20.3. The van der Waals surface area contributed by atoms with Crippen molar-refractivity contribution >= 4 is 22.6 Å². The highest BCUT2D eigenvalue weighted by atomic mass is 16.5. The number of aromatic nitrogens is 2. The van der Waals surface area contributed by atoms with E-state index in [2.05, 4.69) is 14.9 Å². The predicted molar refractivity (Wildman–Crippen MR) is 102 cm³/mol. The van der Waals surface area contributed by atoms with E-state index in [1.165, 1.54) is 6.33 Å². The zero-order valence-electron chi connectivity index (χ0n) is 16.1. The van der Waals surface area contributed by atoms with Crippen LogP contribution in [0.4, 0.5) is 5.82 Å². The number of nitrogens with zero attached hydrogens (tertiary/aromatic N) is 4. The molecule has 2 aromatic rings. The number of methoxy groups -OCH3 is 2. The largest absolute Gasteiger partial charge is 0.493 e. The summed E-state index contributed by atoms with van der Waals surface area (Å²) in [6, 6.07) is 3.70. The molecule has 0 bridgehead atoms. The van der Waals surface area contributed by atoms with Crippen LogP contribution in [0.2, 0.25) is 0 Å². The molecule has 0 saturated carbocycles. The van der Waals surface area contributed by atoms with Crippen LogP contribution in [0.25, 0.3) is 10.9 Å². The molecule has 2 fully saturated rings. The number of fused-ring (bicyclic) bond motifs is 1. The fraction of sp³-hybridized carbons (Fsp3) is 0.526. The molecule has 2 saturated heterocycles. The number of ether oxygens (including phenoxy) is 4. The molecule has 1 atom stereocenters. The molecule has 2 aliphatic heterocycles. The molecule has 1 unspecified atom stereocenters. The quantitative estimate of drug-likeness (QED) is 0.757. The molecular formula is C19H24N4O5. The first kappa shape index (κ1) is 18.7. The number of amides is 1. The Bertz CT molecular complexity index is 856. The fourth-order valence-corrected chi connectivity index (χ4v) is 3.60. The van der Waals surface area contributed by atoms with Gasteiger partial charge in [-0.3, -0.25) is 4.79 Å². The topological polar surface area (TPSA) is 86.3 Å². The second kappa shape index (κ2) is 8.15. The number of carbonyl (C=O) groups is 1. The maximum absolute atomic E-state index is 12.8. The number of hydrogen-bond donors (Lipinski definition) is 0. The van der Waals surface area contributed by atoms with Crippen molar-refractivity contribution in [2.24, 2.45) is 0 Å². The van der Waals surface area contributed by atoms with Crippen molar-refractivity contribution in [1.29, 1.82) is 0 Å². The van der Waals surface area contributed by atoms with Crippen LogP contribution in [0.1, 0.15) is 0 Å². The van der Waals surface area contributed by atoms with Gasteiger partial charge >= 0.3 is 0 Å². The van der Waals surface area contributed by atoms with Gasteiger partial charge in [-0.05, 0) is 6.07 Å². The number of benzene rings is 1.